The van der Waals surface area contributed by atoms with E-state index in [1.165, 1.54) is 12.0 Å². The van der Waals surface area contributed by atoms with E-state index in [1.54, 1.807) is 19.5 Å². The highest BCUT2D eigenvalue weighted by Crippen LogP contribution is 2.36. The Kier molecular flexibility index (Phi) is 4.53. The molecule has 0 amide bonds. The van der Waals surface area contributed by atoms with E-state index in [-0.39, 0.29) is 0 Å². The lowest BCUT2D eigenvalue weighted by atomic mass is 9.93. The number of hydrogen-bond acceptors (Lipinski definition) is 5. The maximum Gasteiger partial charge on any atom is 0.222 e. The van der Waals surface area contributed by atoms with Crippen molar-refractivity contribution < 1.29 is 4.74 Å². The predicted molar refractivity (Wildman–Crippen MR) is 87.0 cm³/mol. The number of nitrogens with zero attached hydrogens (tertiary/aromatic N) is 3. The van der Waals surface area contributed by atoms with E-state index >= 15 is 0 Å². The lowest BCUT2D eigenvalue weighted by Crippen LogP contribution is -2.25. The highest BCUT2D eigenvalue weighted by molar-refractivity contribution is 5.31. The molecule has 0 bridgehead atoms. The summed E-state index contributed by atoms with van der Waals surface area (Å²) in [6.45, 7) is 1.99. The molecule has 3 rings (SSSR count). The lowest BCUT2D eigenvalue weighted by Gasteiger charge is -2.26. The van der Waals surface area contributed by atoms with Gasteiger partial charge < -0.3 is 10.1 Å². The predicted octanol–water partition coefficient (Wildman–Crippen LogP) is 2.59. The third-order valence-electron chi connectivity index (χ3n) is 4.32. The molecule has 116 valence electrons. The Labute approximate surface area is 131 Å². The first-order valence-electron chi connectivity index (χ1n) is 7.63. The van der Waals surface area contributed by atoms with Crippen LogP contribution in [0.25, 0.3) is 0 Å². The molecule has 1 N–H and O–H groups in total. The van der Waals surface area contributed by atoms with Crippen molar-refractivity contribution in [2.24, 2.45) is 5.92 Å². The van der Waals surface area contributed by atoms with E-state index < -0.39 is 0 Å². The molecule has 0 saturated carbocycles. The van der Waals surface area contributed by atoms with Gasteiger partial charge in [-0.15, -0.1) is 0 Å². The molecule has 5 nitrogen and oxygen atoms in total. The van der Waals surface area contributed by atoms with Crippen molar-refractivity contribution in [1.29, 1.82) is 0 Å². The van der Waals surface area contributed by atoms with Gasteiger partial charge in [-0.2, -0.15) is 0 Å². The zero-order valence-electron chi connectivity index (χ0n) is 13.1. The minimum atomic E-state index is 0.419. The average Bonchev–Trinajstić information content (AvgIpc) is 2.95. The van der Waals surface area contributed by atoms with Crippen LogP contribution in [0.4, 0.5) is 5.95 Å². The number of likely N-dealkylation sites (tertiary alicyclic amines) is 1. The molecule has 5 heteroatoms. The normalized spacial score (nSPS) is 21.7. The standard InChI is InChI=1S/C17H22N4O/c1-21-11-8-14(12-20-17-18-9-3-10-19-17)16(21)13-4-6-15(22-2)7-5-13/h3-7,9-10,14,16H,8,11-12H2,1-2H3,(H,18,19,20)/t14-,16-/m1/s1. The fourth-order valence-corrected chi connectivity index (χ4v) is 3.18. The summed E-state index contributed by atoms with van der Waals surface area (Å²) in [6, 6.07) is 10.6. The third-order valence-corrected chi connectivity index (χ3v) is 4.32. The van der Waals surface area contributed by atoms with Crippen molar-refractivity contribution in [2.45, 2.75) is 12.5 Å². The van der Waals surface area contributed by atoms with Gasteiger partial charge in [-0.05, 0) is 49.7 Å². The van der Waals surface area contributed by atoms with E-state index in [0.29, 0.717) is 17.9 Å². The van der Waals surface area contributed by atoms with E-state index in [9.17, 15) is 0 Å². The molecule has 1 saturated heterocycles. The molecule has 0 radical (unpaired) electrons. The molecule has 1 aromatic carbocycles. The van der Waals surface area contributed by atoms with Crippen LogP contribution in [0.15, 0.2) is 42.7 Å². The fraction of sp³-hybridized carbons (Fsp3) is 0.412. The van der Waals surface area contributed by atoms with Gasteiger partial charge in [0.15, 0.2) is 0 Å². The Morgan fingerprint density at radius 2 is 1.95 bits per heavy atom. The summed E-state index contributed by atoms with van der Waals surface area (Å²) in [5.41, 5.74) is 1.33. The Balaban J connectivity index is 1.70. The van der Waals surface area contributed by atoms with Crippen LogP contribution in [-0.2, 0) is 0 Å². The summed E-state index contributed by atoms with van der Waals surface area (Å²) >= 11 is 0. The quantitative estimate of drug-likeness (QED) is 0.919. The van der Waals surface area contributed by atoms with Crippen LogP contribution >= 0.6 is 0 Å². The van der Waals surface area contributed by atoms with Gasteiger partial charge in [0.05, 0.1) is 7.11 Å². The van der Waals surface area contributed by atoms with Gasteiger partial charge in [0.25, 0.3) is 0 Å². The molecule has 1 aliphatic heterocycles. The molecule has 1 aromatic heterocycles. The number of methoxy groups -OCH3 is 1. The van der Waals surface area contributed by atoms with Gasteiger partial charge in [0.1, 0.15) is 5.75 Å². The largest absolute Gasteiger partial charge is 0.497 e. The second-order valence-corrected chi connectivity index (χ2v) is 5.70. The summed E-state index contributed by atoms with van der Waals surface area (Å²) in [5.74, 6) is 2.14. The maximum atomic E-state index is 5.25. The van der Waals surface area contributed by atoms with Crippen molar-refractivity contribution in [3.63, 3.8) is 0 Å². The zero-order chi connectivity index (χ0) is 15.4. The van der Waals surface area contributed by atoms with E-state index in [0.717, 1.165) is 18.8 Å². The number of rotatable bonds is 5. The fourth-order valence-electron chi connectivity index (χ4n) is 3.18. The van der Waals surface area contributed by atoms with E-state index in [2.05, 4.69) is 39.4 Å². The van der Waals surface area contributed by atoms with Crippen LogP contribution in [-0.4, -0.2) is 42.1 Å². The topological polar surface area (TPSA) is 50.3 Å². The van der Waals surface area contributed by atoms with Crippen molar-refractivity contribution in [1.82, 2.24) is 14.9 Å². The summed E-state index contributed by atoms with van der Waals surface area (Å²) in [7, 11) is 3.89. The molecule has 2 aromatic rings. The Morgan fingerprint density at radius 3 is 2.64 bits per heavy atom. The van der Waals surface area contributed by atoms with Crippen LogP contribution in [0, 0.1) is 5.92 Å². The summed E-state index contributed by atoms with van der Waals surface area (Å²) in [4.78, 5) is 10.9. The highest BCUT2D eigenvalue weighted by Gasteiger charge is 2.32. The number of hydrogen-bond donors (Lipinski definition) is 1. The van der Waals surface area contributed by atoms with Crippen LogP contribution in [0.3, 0.4) is 0 Å². The molecular weight excluding hydrogens is 276 g/mol. The first-order valence-corrected chi connectivity index (χ1v) is 7.63. The molecule has 2 heterocycles. The molecule has 0 spiro atoms. The van der Waals surface area contributed by atoms with Gasteiger partial charge in [-0.3, -0.25) is 4.90 Å². The van der Waals surface area contributed by atoms with Crippen LogP contribution in [0.1, 0.15) is 18.0 Å². The van der Waals surface area contributed by atoms with Crippen LogP contribution < -0.4 is 10.1 Å². The molecule has 22 heavy (non-hydrogen) atoms. The monoisotopic (exact) mass is 298 g/mol. The number of anilines is 1. The second-order valence-electron chi connectivity index (χ2n) is 5.70. The SMILES string of the molecule is COc1ccc([C@@H]2[C@@H](CNc3ncccn3)CCN2C)cc1. The van der Waals surface area contributed by atoms with Crippen LogP contribution in [0.5, 0.6) is 5.75 Å². The molecule has 1 fully saturated rings. The third kappa shape index (κ3) is 3.20. The van der Waals surface area contributed by atoms with Gasteiger partial charge in [0, 0.05) is 25.0 Å². The highest BCUT2D eigenvalue weighted by atomic mass is 16.5. The number of benzene rings is 1. The Hall–Kier alpha value is -2.14. The van der Waals surface area contributed by atoms with Gasteiger partial charge in [0.2, 0.25) is 5.95 Å². The van der Waals surface area contributed by atoms with Crippen molar-refractivity contribution in [3.05, 3.63) is 48.3 Å². The Bertz CT molecular complexity index is 587. The minimum Gasteiger partial charge on any atom is -0.497 e. The summed E-state index contributed by atoms with van der Waals surface area (Å²) < 4.78 is 5.25. The number of ether oxygens (including phenoxy) is 1. The Morgan fingerprint density at radius 1 is 1.23 bits per heavy atom. The van der Waals surface area contributed by atoms with Gasteiger partial charge in [-0.25, -0.2) is 9.97 Å². The molecule has 1 aliphatic rings. The maximum absolute atomic E-state index is 5.25. The van der Waals surface area contributed by atoms with E-state index in [4.69, 9.17) is 4.74 Å². The van der Waals surface area contributed by atoms with Gasteiger partial charge >= 0.3 is 0 Å². The van der Waals surface area contributed by atoms with Crippen molar-refractivity contribution in [2.75, 3.05) is 32.6 Å². The van der Waals surface area contributed by atoms with Crippen molar-refractivity contribution in [3.8, 4) is 5.75 Å². The lowest BCUT2D eigenvalue weighted by molar-refractivity contribution is 0.281. The zero-order valence-corrected chi connectivity index (χ0v) is 13.1. The molecular formula is C17H22N4O. The van der Waals surface area contributed by atoms with Gasteiger partial charge in [-0.1, -0.05) is 12.1 Å². The number of nitrogens with one attached hydrogen (secondary N) is 1. The number of aromatic nitrogens is 2. The minimum absolute atomic E-state index is 0.419. The summed E-state index contributed by atoms with van der Waals surface area (Å²) in [6.07, 6.45) is 4.70. The smallest absolute Gasteiger partial charge is 0.222 e. The molecule has 2 atom stereocenters. The molecule has 0 unspecified atom stereocenters. The van der Waals surface area contributed by atoms with Crippen molar-refractivity contribution >= 4 is 5.95 Å². The first-order chi connectivity index (χ1) is 10.8. The average molecular weight is 298 g/mol. The molecule has 0 aliphatic carbocycles. The van der Waals surface area contributed by atoms with Crippen LogP contribution in [0.2, 0.25) is 0 Å². The second kappa shape index (κ2) is 6.75. The van der Waals surface area contributed by atoms with E-state index in [1.807, 2.05) is 18.2 Å². The summed E-state index contributed by atoms with van der Waals surface area (Å²) in [5, 5.41) is 3.36. The first kappa shape index (κ1) is 14.8.